The van der Waals surface area contributed by atoms with E-state index in [1.807, 2.05) is 0 Å². The van der Waals surface area contributed by atoms with Crippen molar-refractivity contribution < 1.29 is 17.7 Å². The summed E-state index contributed by atoms with van der Waals surface area (Å²) >= 11 is 0. The van der Waals surface area contributed by atoms with Gasteiger partial charge in [0, 0.05) is 45.3 Å². The Morgan fingerprint density at radius 2 is 1.96 bits per heavy atom. The zero-order valence-corrected chi connectivity index (χ0v) is 13.8. The first-order valence-electron chi connectivity index (χ1n) is 7.79. The Morgan fingerprint density at radius 1 is 1.25 bits per heavy atom. The third kappa shape index (κ3) is 3.14. The third-order valence-corrected chi connectivity index (χ3v) is 6.44. The molecule has 8 nitrogen and oxygen atoms in total. The molecule has 0 saturated carbocycles. The van der Waals surface area contributed by atoms with Gasteiger partial charge in [-0.3, -0.25) is 15.0 Å². The van der Waals surface area contributed by atoms with Crippen molar-refractivity contribution in [3.05, 3.63) is 34.1 Å². The average molecular weight is 358 g/mol. The molecule has 10 heteroatoms. The van der Waals surface area contributed by atoms with E-state index in [0.29, 0.717) is 6.42 Å². The van der Waals surface area contributed by atoms with Gasteiger partial charge in [0.2, 0.25) is 15.8 Å². The Hall–Kier alpha value is -1.62. The smallest absolute Gasteiger partial charge is 0.314 e. The van der Waals surface area contributed by atoms with Crippen LogP contribution in [0.25, 0.3) is 0 Å². The third-order valence-electron chi connectivity index (χ3n) is 4.54. The van der Waals surface area contributed by atoms with Crippen molar-refractivity contribution in [3.8, 4) is 0 Å². The number of halogens is 1. The van der Waals surface area contributed by atoms with Crippen LogP contribution in [-0.2, 0) is 10.0 Å². The topological polar surface area (TPSA) is 95.8 Å². The summed E-state index contributed by atoms with van der Waals surface area (Å²) < 4.78 is 40.5. The maximum Gasteiger partial charge on any atom is 0.324 e. The molecule has 24 heavy (non-hydrogen) atoms. The van der Waals surface area contributed by atoms with E-state index in [0.717, 1.165) is 38.3 Å². The van der Waals surface area contributed by atoms with Gasteiger partial charge in [-0.05, 0) is 18.6 Å². The second-order valence-corrected chi connectivity index (χ2v) is 7.84. The molecule has 2 aliphatic rings. The van der Waals surface area contributed by atoms with E-state index in [1.54, 1.807) is 0 Å². The maximum absolute atomic E-state index is 13.7. The number of nitro benzene ring substituents is 1. The second kappa shape index (κ2) is 6.71. The number of piperazine rings is 1. The summed E-state index contributed by atoms with van der Waals surface area (Å²) in [5.41, 5.74) is -0.983. The Balaban J connectivity index is 1.84. The van der Waals surface area contributed by atoms with Crippen LogP contribution in [0.3, 0.4) is 0 Å². The van der Waals surface area contributed by atoms with Crippen molar-refractivity contribution in [2.45, 2.75) is 17.4 Å². The fraction of sp³-hybridized carbons (Fsp3) is 0.571. The Labute approximate surface area is 139 Å². The van der Waals surface area contributed by atoms with Crippen LogP contribution in [0.1, 0.15) is 6.42 Å². The molecule has 0 bridgehead atoms. The quantitative estimate of drug-likeness (QED) is 0.618. The Kier molecular flexibility index (Phi) is 4.81. The van der Waals surface area contributed by atoms with Crippen LogP contribution >= 0.6 is 0 Å². The highest BCUT2D eigenvalue weighted by molar-refractivity contribution is 7.89. The molecule has 2 saturated heterocycles. The lowest BCUT2D eigenvalue weighted by Crippen LogP contribution is -2.49. The van der Waals surface area contributed by atoms with Crippen molar-refractivity contribution in [1.82, 2.24) is 14.5 Å². The summed E-state index contributed by atoms with van der Waals surface area (Å²) in [7, 11) is -4.10. The standard InChI is InChI=1S/C14H19FN4O4S/c15-12-2-1-3-13(14(12)19(20)21)24(22,23)18-7-4-11(10-18)17-8-5-16-6-9-17/h1-3,11,16H,4-10H2. The lowest BCUT2D eigenvalue weighted by atomic mass is 10.2. The highest BCUT2D eigenvalue weighted by Gasteiger charge is 2.39. The first-order valence-corrected chi connectivity index (χ1v) is 9.23. The number of sulfonamides is 1. The minimum absolute atomic E-state index is 0.0921. The van der Waals surface area contributed by atoms with Crippen LogP contribution in [0.2, 0.25) is 0 Å². The number of nitro groups is 1. The molecule has 0 aliphatic carbocycles. The molecule has 0 spiro atoms. The van der Waals surface area contributed by atoms with E-state index in [1.165, 1.54) is 10.4 Å². The van der Waals surface area contributed by atoms with Gasteiger partial charge in [0.15, 0.2) is 4.90 Å². The van der Waals surface area contributed by atoms with Gasteiger partial charge < -0.3 is 5.32 Å². The van der Waals surface area contributed by atoms with Crippen LogP contribution in [0, 0.1) is 15.9 Å². The normalized spacial score (nSPS) is 23.5. The molecular weight excluding hydrogens is 339 g/mol. The first kappa shape index (κ1) is 17.2. The van der Waals surface area contributed by atoms with Gasteiger partial charge in [-0.1, -0.05) is 6.07 Å². The van der Waals surface area contributed by atoms with Gasteiger partial charge >= 0.3 is 5.69 Å². The van der Waals surface area contributed by atoms with Gasteiger partial charge in [0.25, 0.3) is 0 Å². The zero-order chi connectivity index (χ0) is 17.3. The van der Waals surface area contributed by atoms with Crippen LogP contribution in [-0.4, -0.2) is 67.9 Å². The summed E-state index contributed by atoms with van der Waals surface area (Å²) in [5.74, 6) is -1.14. The van der Waals surface area contributed by atoms with Gasteiger partial charge in [0.05, 0.1) is 4.92 Å². The van der Waals surface area contributed by atoms with Crippen molar-refractivity contribution in [2.75, 3.05) is 39.3 Å². The fourth-order valence-corrected chi connectivity index (χ4v) is 4.95. The van der Waals surface area contributed by atoms with Crippen LogP contribution in [0.5, 0.6) is 0 Å². The number of hydrogen-bond donors (Lipinski definition) is 1. The highest BCUT2D eigenvalue weighted by Crippen LogP contribution is 2.31. The van der Waals surface area contributed by atoms with Crippen molar-refractivity contribution in [1.29, 1.82) is 0 Å². The van der Waals surface area contributed by atoms with Crippen LogP contribution < -0.4 is 5.32 Å². The minimum atomic E-state index is -4.10. The molecule has 1 aromatic rings. The monoisotopic (exact) mass is 358 g/mol. The number of nitrogens with one attached hydrogen (secondary N) is 1. The van der Waals surface area contributed by atoms with Crippen molar-refractivity contribution in [2.24, 2.45) is 0 Å². The van der Waals surface area contributed by atoms with Crippen molar-refractivity contribution in [3.63, 3.8) is 0 Å². The molecule has 1 atom stereocenters. The summed E-state index contributed by atoms with van der Waals surface area (Å²) in [6, 6.07) is 3.26. The largest absolute Gasteiger partial charge is 0.324 e. The van der Waals surface area contributed by atoms with E-state index < -0.39 is 31.3 Å². The summed E-state index contributed by atoms with van der Waals surface area (Å²) in [6.45, 7) is 3.97. The lowest BCUT2D eigenvalue weighted by Gasteiger charge is -2.32. The predicted molar refractivity (Wildman–Crippen MR) is 84.7 cm³/mol. The molecule has 1 N–H and O–H groups in total. The molecule has 0 amide bonds. The number of nitrogens with zero attached hydrogens (tertiary/aromatic N) is 3. The summed E-state index contributed by atoms with van der Waals surface area (Å²) in [5, 5.41) is 14.3. The van der Waals surface area contributed by atoms with Crippen LogP contribution in [0.15, 0.2) is 23.1 Å². The molecule has 3 rings (SSSR count). The molecule has 2 fully saturated rings. The second-order valence-electron chi connectivity index (χ2n) is 5.94. The van der Waals surface area contributed by atoms with E-state index in [-0.39, 0.29) is 19.1 Å². The van der Waals surface area contributed by atoms with Gasteiger partial charge in [-0.25, -0.2) is 8.42 Å². The van der Waals surface area contributed by atoms with Gasteiger partial charge in [-0.15, -0.1) is 0 Å². The number of hydrogen-bond acceptors (Lipinski definition) is 6. The van der Waals surface area contributed by atoms with E-state index in [4.69, 9.17) is 0 Å². The van der Waals surface area contributed by atoms with Gasteiger partial charge in [0.1, 0.15) is 0 Å². The molecule has 2 aliphatic heterocycles. The summed E-state index contributed by atoms with van der Waals surface area (Å²) in [6.07, 6.45) is 0.669. The molecule has 0 radical (unpaired) electrons. The molecule has 0 aromatic heterocycles. The van der Waals surface area contributed by atoms with Crippen LogP contribution in [0.4, 0.5) is 10.1 Å². The SMILES string of the molecule is O=[N+]([O-])c1c(F)cccc1S(=O)(=O)N1CCC(N2CCNCC2)C1. The highest BCUT2D eigenvalue weighted by atomic mass is 32.2. The zero-order valence-electron chi connectivity index (χ0n) is 13.0. The summed E-state index contributed by atoms with van der Waals surface area (Å²) in [4.78, 5) is 11.8. The number of rotatable bonds is 4. The Morgan fingerprint density at radius 3 is 2.62 bits per heavy atom. The molecular formula is C14H19FN4O4S. The molecule has 132 valence electrons. The first-order chi connectivity index (χ1) is 11.4. The van der Waals surface area contributed by atoms with E-state index in [2.05, 4.69) is 10.2 Å². The predicted octanol–water partition coefficient (Wildman–Crippen LogP) is 0.402. The van der Waals surface area contributed by atoms with E-state index >= 15 is 0 Å². The lowest BCUT2D eigenvalue weighted by molar-refractivity contribution is -0.390. The Bertz CT molecular complexity index is 736. The van der Waals surface area contributed by atoms with Crippen molar-refractivity contribution >= 4 is 15.7 Å². The molecule has 2 heterocycles. The minimum Gasteiger partial charge on any atom is -0.314 e. The maximum atomic E-state index is 13.7. The molecule has 1 unspecified atom stereocenters. The number of para-hydroxylation sites is 1. The molecule has 1 aromatic carbocycles. The van der Waals surface area contributed by atoms with Gasteiger partial charge in [-0.2, -0.15) is 8.70 Å². The average Bonchev–Trinajstić information content (AvgIpc) is 3.06. The van der Waals surface area contributed by atoms with E-state index in [9.17, 15) is 22.9 Å². The number of benzene rings is 1. The fourth-order valence-electron chi connectivity index (χ4n) is 3.29.